The number of aryl methyl sites for hydroxylation is 1. The minimum absolute atomic E-state index is 0.0681. The summed E-state index contributed by atoms with van der Waals surface area (Å²) in [4.78, 5) is 36.7. The fraction of sp³-hybridized carbons (Fsp3) is 0.312. The SMILES string of the molecule is CC(=O)N1CCCN(Cc2ccccc2)CCN(C(=O)COc2ccccc2-c2nc(C)no2)Cc2ccc(Cl)cc21. The van der Waals surface area contributed by atoms with Crippen molar-refractivity contribution in [2.45, 2.75) is 33.4 Å². The van der Waals surface area contributed by atoms with E-state index in [-0.39, 0.29) is 18.4 Å². The summed E-state index contributed by atoms with van der Waals surface area (Å²) in [5, 5.41) is 4.41. The lowest BCUT2D eigenvalue weighted by Crippen LogP contribution is -2.40. The van der Waals surface area contributed by atoms with Crippen molar-refractivity contribution in [3.63, 3.8) is 0 Å². The van der Waals surface area contributed by atoms with Gasteiger partial charge in [0.15, 0.2) is 12.4 Å². The number of carbonyl (C=O) groups excluding carboxylic acids is 2. The van der Waals surface area contributed by atoms with Crippen LogP contribution in [0.2, 0.25) is 5.02 Å². The fourth-order valence-electron chi connectivity index (χ4n) is 5.10. The third-order valence-corrected chi connectivity index (χ3v) is 7.45. The Morgan fingerprint density at radius 1 is 0.976 bits per heavy atom. The van der Waals surface area contributed by atoms with Crippen LogP contribution in [-0.2, 0) is 22.7 Å². The van der Waals surface area contributed by atoms with E-state index in [2.05, 4.69) is 27.2 Å². The number of ether oxygens (including phenoxy) is 1. The Hall–Kier alpha value is -4.21. The second kappa shape index (κ2) is 13.6. The van der Waals surface area contributed by atoms with Crippen molar-refractivity contribution in [3.8, 4) is 17.2 Å². The summed E-state index contributed by atoms with van der Waals surface area (Å²) in [7, 11) is 0. The molecule has 0 spiro atoms. The van der Waals surface area contributed by atoms with Gasteiger partial charge in [-0.25, -0.2) is 0 Å². The van der Waals surface area contributed by atoms with E-state index in [9.17, 15) is 9.59 Å². The summed E-state index contributed by atoms with van der Waals surface area (Å²) in [6, 6.07) is 23.0. The van der Waals surface area contributed by atoms with Crippen LogP contribution in [0, 0.1) is 6.92 Å². The number of benzene rings is 3. The first-order valence-electron chi connectivity index (χ1n) is 14.0. The van der Waals surface area contributed by atoms with E-state index < -0.39 is 0 Å². The van der Waals surface area contributed by atoms with Crippen LogP contribution in [0.15, 0.2) is 77.3 Å². The van der Waals surface area contributed by atoms with Crippen molar-refractivity contribution in [2.75, 3.05) is 37.7 Å². The standard InChI is InChI=1S/C32H34ClN5O4/c1-23-34-32(42-35-23)28-11-6-7-12-30(28)41-22-31(40)37-18-17-36(20-25-9-4-3-5-10-25)15-8-16-38(24(2)39)29-19-27(33)14-13-26(29)21-37/h3-7,9-14,19H,8,15-18,20-22H2,1-2H3. The molecule has 2 heterocycles. The van der Waals surface area contributed by atoms with Gasteiger partial charge in [0.2, 0.25) is 5.91 Å². The molecule has 218 valence electrons. The number of rotatable bonds is 6. The maximum absolute atomic E-state index is 13.8. The molecule has 10 heteroatoms. The zero-order valence-electron chi connectivity index (χ0n) is 23.8. The van der Waals surface area contributed by atoms with Gasteiger partial charge in [0, 0.05) is 51.2 Å². The second-order valence-corrected chi connectivity index (χ2v) is 10.7. The van der Waals surface area contributed by atoms with Gasteiger partial charge in [0.1, 0.15) is 5.75 Å². The third kappa shape index (κ3) is 7.35. The van der Waals surface area contributed by atoms with Gasteiger partial charge in [-0.1, -0.05) is 65.3 Å². The highest BCUT2D eigenvalue weighted by molar-refractivity contribution is 6.31. The monoisotopic (exact) mass is 587 g/mol. The third-order valence-electron chi connectivity index (χ3n) is 7.22. The summed E-state index contributed by atoms with van der Waals surface area (Å²) in [6.45, 7) is 6.66. The van der Waals surface area contributed by atoms with Crippen LogP contribution in [0.25, 0.3) is 11.5 Å². The average molecular weight is 588 g/mol. The van der Waals surface area contributed by atoms with Crippen LogP contribution in [0.5, 0.6) is 5.75 Å². The molecule has 0 aliphatic carbocycles. The number of halogens is 1. The molecule has 0 saturated carbocycles. The van der Waals surface area contributed by atoms with Crippen LogP contribution in [-0.4, -0.2) is 64.5 Å². The zero-order valence-corrected chi connectivity index (χ0v) is 24.6. The molecule has 0 N–H and O–H groups in total. The Morgan fingerprint density at radius 2 is 1.76 bits per heavy atom. The summed E-state index contributed by atoms with van der Waals surface area (Å²) < 4.78 is 11.4. The Kier molecular flexibility index (Phi) is 9.51. The van der Waals surface area contributed by atoms with Crippen LogP contribution in [0.1, 0.15) is 30.3 Å². The van der Waals surface area contributed by atoms with Gasteiger partial charge in [-0.3, -0.25) is 14.5 Å². The molecule has 3 aromatic carbocycles. The molecule has 0 saturated heterocycles. The van der Waals surface area contributed by atoms with Gasteiger partial charge in [-0.15, -0.1) is 0 Å². The summed E-state index contributed by atoms with van der Waals surface area (Å²) >= 11 is 6.38. The lowest BCUT2D eigenvalue weighted by molar-refractivity contribution is -0.134. The van der Waals surface area contributed by atoms with Gasteiger partial charge in [0.05, 0.1) is 11.3 Å². The van der Waals surface area contributed by atoms with E-state index in [4.69, 9.17) is 20.9 Å². The molecular weight excluding hydrogens is 554 g/mol. The van der Waals surface area contributed by atoms with Gasteiger partial charge < -0.3 is 19.1 Å². The first-order valence-corrected chi connectivity index (χ1v) is 14.4. The van der Waals surface area contributed by atoms with Crippen LogP contribution in [0.4, 0.5) is 5.69 Å². The molecule has 0 bridgehead atoms. The Bertz CT molecular complexity index is 1530. The molecule has 42 heavy (non-hydrogen) atoms. The van der Waals surface area contributed by atoms with Crippen LogP contribution >= 0.6 is 11.6 Å². The van der Waals surface area contributed by atoms with E-state index >= 15 is 0 Å². The molecule has 1 aromatic heterocycles. The largest absolute Gasteiger partial charge is 0.483 e. The molecule has 0 fully saturated rings. The highest BCUT2D eigenvalue weighted by Gasteiger charge is 2.24. The van der Waals surface area contributed by atoms with Gasteiger partial charge in [-0.05, 0) is 48.7 Å². The van der Waals surface area contributed by atoms with Gasteiger partial charge >= 0.3 is 0 Å². The zero-order chi connectivity index (χ0) is 29.5. The molecule has 1 aliphatic rings. The number of carbonyl (C=O) groups is 2. The summed E-state index contributed by atoms with van der Waals surface area (Å²) in [5.41, 5.74) is 3.39. The van der Waals surface area contributed by atoms with Crippen LogP contribution < -0.4 is 9.64 Å². The molecule has 0 unspecified atom stereocenters. The number of hydrogen-bond donors (Lipinski definition) is 0. The van der Waals surface area contributed by atoms with Crippen molar-refractivity contribution in [1.29, 1.82) is 0 Å². The molecule has 1 aliphatic heterocycles. The topological polar surface area (TPSA) is 92.0 Å². The minimum atomic E-state index is -0.180. The number of amides is 2. The number of fused-ring (bicyclic) bond motifs is 1. The predicted molar refractivity (Wildman–Crippen MR) is 161 cm³/mol. The van der Waals surface area contributed by atoms with Crippen molar-refractivity contribution >= 4 is 29.1 Å². The highest BCUT2D eigenvalue weighted by Crippen LogP contribution is 2.30. The molecule has 4 aromatic rings. The number of aromatic nitrogens is 2. The van der Waals surface area contributed by atoms with Gasteiger partial charge in [0.25, 0.3) is 11.8 Å². The Balaban J connectivity index is 1.40. The van der Waals surface area contributed by atoms with Gasteiger partial charge in [-0.2, -0.15) is 4.98 Å². The van der Waals surface area contributed by atoms with E-state index in [1.807, 2.05) is 42.5 Å². The second-order valence-electron chi connectivity index (χ2n) is 10.3. The smallest absolute Gasteiger partial charge is 0.261 e. The van der Waals surface area contributed by atoms with E-state index in [1.54, 1.807) is 41.8 Å². The quantitative estimate of drug-likeness (QED) is 0.300. The lowest BCUT2D eigenvalue weighted by atomic mass is 10.1. The summed E-state index contributed by atoms with van der Waals surface area (Å²) in [5.74, 6) is 1.07. The molecule has 0 radical (unpaired) electrons. The number of hydrogen-bond acceptors (Lipinski definition) is 7. The number of nitrogens with zero attached hydrogens (tertiary/aromatic N) is 5. The molecule has 9 nitrogen and oxygen atoms in total. The lowest BCUT2D eigenvalue weighted by Gasteiger charge is -2.28. The van der Waals surface area contributed by atoms with E-state index in [0.717, 1.165) is 30.8 Å². The van der Waals surface area contributed by atoms with Crippen molar-refractivity contribution in [1.82, 2.24) is 19.9 Å². The van der Waals surface area contributed by atoms with Crippen molar-refractivity contribution in [2.24, 2.45) is 0 Å². The molecule has 5 rings (SSSR count). The maximum atomic E-state index is 13.8. The molecule has 0 atom stereocenters. The normalized spacial score (nSPS) is 14.6. The van der Waals surface area contributed by atoms with Crippen molar-refractivity contribution < 1.29 is 18.8 Å². The molecular formula is C32H34ClN5O4. The predicted octanol–water partition coefficient (Wildman–Crippen LogP) is 5.36. The van der Waals surface area contributed by atoms with E-state index in [0.29, 0.717) is 54.2 Å². The Morgan fingerprint density at radius 3 is 2.52 bits per heavy atom. The minimum Gasteiger partial charge on any atom is -0.483 e. The van der Waals surface area contributed by atoms with E-state index in [1.165, 1.54) is 5.56 Å². The van der Waals surface area contributed by atoms with Crippen molar-refractivity contribution in [3.05, 3.63) is 94.8 Å². The first-order chi connectivity index (χ1) is 20.4. The van der Waals surface area contributed by atoms with Crippen LogP contribution in [0.3, 0.4) is 0 Å². The highest BCUT2D eigenvalue weighted by atomic mass is 35.5. The molecule has 2 amide bonds. The first kappa shape index (κ1) is 29.3. The summed E-state index contributed by atoms with van der Waals surface area (Å²) in [6.07, 6.45) is 0.779. The average Bonchev–Trinajstić information content (AvgIpc) is 3.41. The maximum Gasteiger partial charge on any atom is 0.261 e. The Labute approximate surface area is 250 Å². The fourth-order valence-corrected chi connectivity index (χ4v) is 5.27. The number of para-hydroxylation sites is 1. The number of anilines is 1.